The summed E-state index contributed by atoms with van der Waals surface area (Å²) in [7, 11) is 0. The minimum absolute atomic E-state index is 1.02. The summed E-state index contributed by atoms with van der Waals surface area (Å²) in [6, 6.07) is 47.4. The molecule has 0 spiro atoms. The lowest BCUT2D eigenvalue weighted by Crippen LogP contribution is -2.08. The Labute approximate surface area is 229 Å². The lowest BCUT2D eigenvalue weighted by Gasteiger charge is -2.09. The van der Waals surface area contributed by atoms with Crippen molar-refractivity contribution in [2.24, 2.45) is 0 Å². The average Bonchev–Trinajstić information content (AvgIpc) is 3.63. The lowest BCUT2D eigenvalue weighted by atomic mass is 10.0. The molecule has 4 heteroatoms. The Balaban J connectivity index is 1.53. The Morgan fingerprint density at radius 1 is 0.350 bits per heavy atom. The van der Waals surface area contributed by atoms with E-state index in [1.54, 1.807) is 0 Å². The smallest absolute Gasteiger partial charge is 0.0950 e. The fourth-order valence-corrected chi connectivity index (χ4v) is 6.83. The number of hydrogen-bond donors (Lipinski definition) is 1. The molecular weight excluding hydrogens is 488 g/mol. The molecule has 9 aromatic rings. The Morgan fingerprint density at radius 2 is 0.875 bits per heavy atom. The molecule has 2 N–H and O–H groups in total. The zero-order valence-corrected chi connectivity index (χ0v) is 21.6. The van der Waals surface area contributed by atoms with E-state index in [2.05, 4.69) is 143 Å². The fourth-order valence-electron chi connectivity index (χ4n) is 6.83. The number of para-hydroxylation sites is 4. The molecule has 4 nitrogen and oxygen atoms in total. The van der Waals surface area contributed by atoms with E-state index in [1.165, 1.54) is 43.5 Å². The number of nitrogen functional groups attached to an aromatic ring is 1. The van der Waals surface area contributed by atoms with E-state index in [9.17, 15) is 0 Å². The predicted octanol–water partition coefficient (Wildman–Crippen LogP) is 8.70. The molecule has 0 bridgehead atoms. The maximum atomic E-state index is 7.06. The molecule has 0 aliphatic heterocycles. The molecular formula is C36H24N4. The monoisotopic (exact) mass is 512 g/mol. The molecule has 188 valence electrons. The number of nitrogens with zero attached hydrogens (tertiary/aromatic N) is 3. The molecule has 3 heterocycles. The van der Waals surface area contributed by atoms with Gasteiger partial charge < -0.3 is 15.0 Å². The second-order valence-electron chi connectivity index (χ2n) is 10.5. The van der Waals surface area contributed by atoms with E-state index in [1.807, 2.05) is 4.68 Å². The number of benzene rings is 6. The van der Waals surface area contributed by atoms with E-state index in [-0.39, 0.29) is 0 Å². The van der Waals surface area contributed by atoms with Crippen molar-refractivity contribution in [1.29, 1.82) is 0 Å². The SMILES string of the molecule is Nn1c2ccc3c(c4ccccc4n3-c3ccccc3)c2c2ccc3c4ccccc4n(-c4ccccc4)c3c21. The average molecular weight is 513 g/mol. The number of hydrogen-bond acceptors (Lipinski definition) is 1. The molecule has 0 saturated carbocycles. The summed E-state index contributed by atoms with van der Waals surface area (Å²) in [6.07, 6.45) is 0. The number of fused-ring (bicyclic) bond motifs is 11. The summed E-state index contributed by atoms with van der Waals surface area (Å²) in [4.78, 5) is 0. The standard InChI is InChI=1S/C36H24N4/c37-40-32-22-21-31-33(27-16-8-10-18-30(27)38(31)23-11-3-1-4-12-23)34(32)28-20-19-26-25-15-7-9-17-29(25)39(35(26)36(28)40)24-13-5-2-6-14-24/h1-22H,37H2. The maximum absolute atomic E-state index is 7.06. The van der Waals surface area contributed by atoms with Crippen LogP contribution in [0, 0.1) is 0 Å². The van der Waals surface area contributed by atoms with Crippen molar-refractivity contribution in [1.82, 2.24) is 13.8 Å². The van der Waals surface area contributed by atoms with Gasteiger partial charge in [0.1, 0.15) is 0 Å². The van der Waals surface area contributed by atoms with Crippen LogP contribution < -0.4 is 5.84 Å². The van der Waals surface area contributed by atoms with Gasteiger partial charge >= 0.3 is 0 Å². The highest BCUT2D eigenvalue weighted by Crippen LogP contribution is 2.44. The summed E-state index contributed by atoms with van der Waals surface area (Å²) >= 11 is 0. The molecule has 0 saturated heterocycles. The normalized spacial score (nSPS) is 12.1. The van der Waals surface area contributed by atoms with Gasteiger partial charge in [-0.25, -0.2) is 0 Å². The second-order valence-corrected chi connectivity index (χ2v) is 10.5. The van der Waals surface area contributed by atoms with Gasteiger partial charge in [0.2, 0.25) is 0 Å². The first-order chi connectivity index (χ1) is 19.8. The molecule has 0 aliphatic carbocycles. The van der Waals surface area contributed by atoms with Crippen molar-refractivity contribution in [3.05, 3.63) is 133 Å². The van der Waals surface area contributed by atoms with Crippen LogP contribution in [0.15, 0.2) is 133 Å². The third-order valence-corrected chi connectivity index (χ3v) is 8.43. The summed E-state index contributed by atoms with van der Waals surface area (Å²) < 4.78 is 6.63. The van der Waals surface area contributed by atoms with Crippen LogP contribution in [0.25, 0.3) is 76.8 Å². The van der Waals surface area contributed by atoms with Gasteiger partial charge in [-0.1, -0.05) is 84.9 Å². The molecule has 0 radical (unpaired) electrons. The van der Waals surface area contributed by atoms with Crippen LogP contribution in [0.5, 0.6) is 0 Å². The van der Waals surface area contributed by atoms with Crippen LogP contribution >= 0.6 is 0 Å². The molecule has 0 unspecified atom stereocenters. The molecule has 0 fully saturated rings. The Bertz CT molecular complexity index is 2420. The van der Waals surface area contributed by atoms with E-state index in [4.69, 9.17) is 5.84 Å². The third-order valence-electron chi connectivity index (χ3n) is 8.43. The predicted molar refractivity (Wildman–Crippen MR) is 168 cm³/mol. The van der Waals surface area contributed by atoms with Crippen LogP contribution in [0.3, 0.4) is 0 Å². The van der Waals surface area contributed by atoms with Gasteiger partial charge in [-0.2, -0.15) is 0 Å². The van der Waals surface area contributed by atoms with E-state index in [0.29, 0.717) is 0 Å². The fraction of sp³-hybridized carbons (Fsp3) is 0. The van der Waals surface area contributed by atoms with Crippen LogP contribution in [-0.4, -0.2) is 13.8 Å². The van der Waals surface area contributed by atoms with Gasteiger partial charge in [0.15, 0.2) is 0 Å². The topological polar surface area (TPSA) is 40.8 Å². The van der Waals surface area contributed by atoms with E-state index < -0.39 is 0 Å². The lowest BCUT2D eigenvalue weighted by molar-refractivity contribution is 1.11. The minimum Gasteiger partial charge on any atom is -0.338 e. The summed E-state index contributed by atoms with van der Waals surface area (Å²) in [5.41, 5.74) is 9.00. The van der Waals surface area contributed by atoms with Gasteiger partial charge in [0, 0.05) is 43.7 Å². The molecule has 0 atom stereocenters. The van der Waals surface area contributed by atoms with Crippen LogP contribution in [0.2, 0.25) is 0 Å². The molecule has 9 rings (SSSR count). The molecule has 0 aliphatic rings. The Kier molecular flexibility index (Phi) is 4.17. The van der Waals surface area contributed by atoms with Gasteiger partial charge in [-0.05, 0) is 48.5 Å². The quantitative estimate of drug-likeness (QED) is 0.231. The zero-order valence-electron chi connectivity index (χ0n) is 21.6. The number of rotatable bonds is 2. The molecule has 6 aromatic carbocycles. The summed E-state index contributed by atoms with van der Waals surface area (Å²) in [6.45, 7) is 0. The van der Waals surface area contributed by atoms with Crippen molar-refractivity contribution in [3.8, 4) is 11.4 Å². The third kappa shape index (κ3) is 2.65. The van der Waals surface area contributed by atoms with Crippen molar-refractivity contribution in [2.75, 3.05) is 5.84 Å². The van der Waals surface area contributed by atoms with Crippen molar-refractivity contribution >= 4 is 65.4 Å². The van der Waals surface area contributed by atoms with E-state index in [0.717, 1.165) is 33.3 Å². The van der Waals surface area contributed by atoms with Crippen LogP contribution in [0.4, 0.5) is 0 Å². The van der Waals surface area contributed by atoms with Crippen LogP contribution in [0.1, 0.15) is 0 Å². The van der Waals surface area contributed by atoms with Gasteiger partial charge in [-0.3, -0.25) is 4.68 Å². The Morgan fingerprint density at radius 3 is 1.60 bits per heavy atom. The second kappa shape index (κ2) is 7.78. The van der Waals surface area contributed by atoms with Crippen molar-refractivity contribution in [3.63, 3.8) is 0 Å². The highest BCUT2D eigenvalue weighted by molar-refractivity contribution is 6.32. The molecule has 40 heavy (non-hydrogen) atoms. The zero-order chi connectivity index (χ0) is 26.4. The van der Waals surface area contributed by atoms with Gasteiger partial charge in [-0.15, -0.1) is 0 Å². The first-order valence-electron chi connectivity index (χ1n) is 13.6. The molecule has 0 amide bonds. The largest absolute Gasteiger partial charge is 0.338 e. The van der Waals surface area contributed by atoms with Crippen LogP contribution in [-0.2, 0) is 0 Å². The number of nitrogens with two attached hydrogens (primary N) is 1. The molecule has 3 aromatic heterocycles. The highest BCUT2D eigenvalue weighted by atomic mass is 15.3. The van der Waals surface area contributed by atoms with Gasteiger partial charge in [0.25, 0.3) is 0 Å². The summed E-state index contributed by atoms with van der Waals surface area (Å²) in [5.74, 6) is 7.06. The van der Waals surface area contributed by atoms with E-state index >= 15 is 0 Å². The first kappa shape index (κ1) is 21.5. The summed E-state index contributed by atoms with van der Waals surface area (Å²) in [5, 5.41) is 7.22. The highest BCUT2D eigenvalue weighted by Gasteiger charge is 2.23. The van der Waals surface area contributed by atoms with Gasteiger partial charge in [0.05, 0.1) is 33.1 Å². The number of aromatic nitrogens is 3. The van der Waals surface area contributed by atoms with Crippen molar-refractivity contribution < 1.29 is 0 Å². The van der Waals surface area contributed by atoms with Crippen molar-refractivity contribution in [2.45, 2.75) is 0 Å². The minimum atomic E-state index is 1.02. The first-order valence-corrected chi connectivity index (χ1v) is 13.6. The maximum Gasteiger partial charge on any atom is 0.0950 e. The Hall–Kier alpha value is -5.48.